The third-order valence-corrected chi connectivity index (χ3v) is 4.08. The average molecular weight is 236 g/mol. The number of hydrogen-bond acceptors (Lipinski definition) is 3. The lowest BCUT2D eigenvalue weighted by Crippen LogP contribution is -2.43. The molecule has 0 saturated carbocycles. The second-order valence-corrected chi connectivity index (χ2v) is 5.46. The van der Waals surface area contributed by atoms with Gasteiger partial charge in [0.2, 0.25) is 0 Å². The van der Waals surface area contributed by atoms with Gasteiger partial charge < -0.3 is 4.74 Å². The number of ether oxygens (including phenoxy) is 1. The molecular weight excluding hydrogens is 216 g/mol. The molecule has 0 aromatic heterocycles. The summed E-state index contributed by atoms with van der Waals surface area (Å²) >= 11 is 0. The van der Waals surface area contributed by atoms with Gasteiger partial charge in [0.25, 0.3) is 10.2 Å². The zero-order chi connectivity index (χ0) is 11.1. The Balaban J connectivity index is 2.30. The van der Waals surface area contributed by atoms with Crippen LogP contribution in [0.3, 0.4) is 0 Å². The number of rotatable bonds is 6. The molecule has 1 rings (SSSR count). The maximum absolute atomic E-state index is 11.7. The van der Waals surface area contributed by atoms with Crippen molar-refractivity contribution < 1.29 is 13.2 Å². The summed E-state index contributed by atoms with van der Waals surface area (Å²) in [6.45, 7) is 2.34. The van der Waals surface area contributed by atoms with Crippen LogP contribution in [-0.4, -0.2) is 46.1 Å². The van der Waals surface area contributed by atoms with Gasteiger partial charge in [-0.1, -0.05) is 6.42 Å². The largest absolute Gasteiger partial charge is 0.385 e. The van der Waals surface area contributed by atoms with E-state index in [-0.39, 0.29) is 0 Å². The van der Waals surface area contributed by atoms with Crippen LogP contribution in [0.2, 0.25) is 0 Å². The standard InChI is InChI=1S/C9H20N2O3S/c1-14-9-5-6-10-15(12,13)11-7-3-2-4-8-11/h10H,2-9H2,1H3. The van der Waals surface area contributed by atoms with Crippen LogP contribution in [0.15, 0.2) is 0 Å². The molecule has 0 spiro atoms. The van der Waals surface area contributed by atoms with Crippen LogP contribution in [0.5, 0.6) is 0 Å². The fourth-order valence-corrected chi connectivity index (χ4v) is 2.94. The summed E-state index contributed by atoms with van der Waals surface area (Å²) in [5.41, 5.74) is 0. The van der Waals surface area contributed by atoms with Gasteiger partial charge in [0.1, 0.15) is 0 Å². The minimum Gasteiger partial charge on any atom is -0.385 e. The van der Waals surface area contributed by atoms with E-state index in [9.17, 15) is 8.42 Å². The van der Waals surface area contributed by atoms with E-state index in [1.165, 1.54) is 4.31 Å². The normalized spacial score (nSPS) is 19.3. The minimum atomic E-state index is -3.24. The SMILES string of the molecule is COCCCNS(=O)(=O)N1CCCCC1. The van der Waals surface area contributed by atoms with Gasteiger partial charge in [0.05, 0.1) is 0 Å². The summed E-state index contributed by atoms with van der Waals surface area (Å²) in [6.07, 6.45) is 3.79. The van der Waals surface area contributed by atoms with Crippen molar-refractivity contribution in [2.75, 3.05) is 33.4 Å². The molecule has 0 aromatic carbocycles. The molecule has 0 bridgehead atoms. The van der Waals surface area contributed by atoms with Crippen LogP contribution < -0.4 is 4.72 Å². The number of methoxy groups -OCH3 is 1. The first-order valence-electron chi connectivity index (χ1n) is 5.40. The van der Waals surface area contributed by atoms with E-state index in [2.05, 4.69) is 4.72 Å². The lowest BCUT2D eigenvalue weighted by atomic mass is 10.2. The number of nitrogens with zero attached hydrogens (tertiary/aromatic N) is 1. The average Bonchev–Trinajstić information content (AvgIpc) is 2.26. The molecule has 5 nitrogen and oxygen atoms in total. The highest BCUT2D eigenvalue weighted by Gasteiger charge is 2.22. The van der Waals surface area contributed by atoms with Crippen molar-refractivity contribution in [3.05, 3.63) is 0 Å². The molecule has 1 aliphatic heterocycles. The Morgan fingerprint density at radius 3 is 2.53 bits per heavy atom. The Bertz CT molecular complexity index is 261. The molecule has 1 saturated heterocycles. The highest BCUT2D eigenvalue weighted by molar-refractivity contribution is 7.87. The summed E-state index contributed by atoms with van der Waals surface area (Å²) in [5, 5.41) is 0. The van der Waals surface area contributed by atoms with Gasteiger partial charge in [-0.25, -0.2) is 4.72 Å². The van der Waals surface area contributed by atoms with Crippen molar-refractivity contribution >= 4 is 10.2 Å². The molecule has 0 atom stereocenters. The lowest BCUT2D eigenvalue weighted by molar-refractivity contribution is 0.195. The van der Waals surface area contributed by atoms with Crippen molar-refractivity contribution in [2.45, 2.75) is 25.7 Å². The fraction of sp³-hybridized carbons (Fsp3) is 1.00. The molecule has 15 heavy (non-hydrogen) atoms. The Morgan fingerprint density at radius 1 is 1.27 bits per heavy atom. The summed E-state index contributed by atoms with van der Waals surface area (Å²) in [4.78, 5) is 0. The summed E-state index contributed by atoms with van der Waals surface area (Å²) < 4.78 is 32.4. The predicted molar refractivity (Wildman–Crippen MR) is 58.8 cm³/mol. The molecule has 1 N–H and O–H groups in total. The Hall–Kier alpha value is -0.170. The van der Waals surface area contributed by atoms with Gasteiger partial charge in [0.15, 0.2) is 0 Å². The van der Waals surface area contributed by atoms with Crippen molar-refractivity contribution in [3.63, 3.8) is 0 Å². The number of nitrogens with one attached hydrogen (secondary N) is 1. The van der Waals surface area contributed by atoms with E-state index in [1.807, 2.05) is 0 Å². The van der Waals surface area contributed by atoms with E-state index in [1.54, 1.807) is 7.11 Å². The van der Waals surface area contributed by atoms with Crippen molar-refractivity contribution in [2.24, 2.45) is 0 Å². The predicted octanol–water partition coefficient (Wildman–Crippen LogP) is 0.343. The zero-order valence-electron chi connectivity index (χ0n) is 9.24. The highest BCUT2D eigenvalue weighted by atomic mass is 32.2. The van der Waals surface area contributed by atoms with Gasteiger partial charge in [0, 0.05) is 33.4 Å². The molecular formula is C9H20N2O3S. The van der Waals surface area contributed by atoms with Gasteiger partial charge in [-0.15, -0.1) is 0 Å². The van der Waals surface area contributed by atoms with Crippen LogP contribution >= 0.6 is 0 Å². The monoisotopic (exact) mass is 236 g/mol. The molecule has 90 valence electrons. The first-order chi connectivity index (χ1) is 7.17. The molecule has 0 radical (unpaired) electrons. The molecule has 1 heterocycles. The van der Waals surface area contributed by atoms with Crippen LogP contribution in [0, 0.1) is 0 Å². The maximum atomic E-state index is 11.7. The number of hydrogen-bond donors (Lipinski definition) is 1. The fourth-order valence-electron chi connectivity index (χ4n) is 1.61. The quantitative estimate of drug-likeness (QED) is 0.677. The zero-order valence-corrected chi connectivity index (χ0v) is 10.1. The van der Waals surface area contributed by atoms with Crippen molar-refractivity contribution in [1.29, 1.82) is 0 Å². The second kappa shape index (κ2) is 6.42. The van der Waals surface area contributed by atoms with Crippen molar-refractivity contribution in [3.8, 4) is 0 Å². The van der Waals surface area contributed by atoms with Crippen LogP contribution in [-0.2, 0) is 14.9 Å². The van der Waals surface area contributed by atoms with E-state index >= 15 is 0 Å². The molecule has 0 amide bonds. The van der Waals surface area contributed by atoms with Gasteiger partial charge in [-0.05, 0) is 19.3 Å². The van der Waals surface area contributed by atoms with Crippen LogP contribution in [0.25, 0.3) is 0 Å². The summed E-state index contributed by atoms with van der Waals surface area (Å²) in [7, 11) is -1.63. The van der Waals surface area contributed by atoms with Gasteiger partial charge in [-0.2, -0.15) is 12.7 Å². The van der Waals surface area contributed by atoms with E-state index in [4.69, 9.17) is 4.74 Å². The van der Waals surface area contributed by atoms with E-state index in [0.717, 1.165) is 19.3 Å². The third kappa shape index (κ3) is 4.46. The summed E-state index contributed by atoms with van der Waals surface area (Å²) in [6, 6.07) is 0. The van der Waals surface area contributed by atoms with E-state index in [0.29, 0.717) is 32.7 Å². The first-order valence-corrected chi connectivity index (χ1v) is 6.84. The highest BCUT2D eigenvalue weighted by Crippen LogP contribution is 2.11. The second-order valence-electron chi connectivity index (χ2n) is 3.71. The lowest BCUT2D eigenvalue weighted by Gasteiger charge is -2.25. The maximum Gasteiger partial charge on any atom is 0.279 e. The smallest absolute Gasteiger partial charge is 0.279 e. The van der Waals surface area contributed by atoms with Gasteiger partial charge in [-0.3, -0.25) is 0 Å². The topological polar surface area (TPSA) is 58.6 Å². The Labute approximate surface area is 92.0 Å². The minimum absolute atomic E-state index is 0.451. The molecule has 6 heteroatoms. The van der Waals surface area contributed by atoms with Crippen LogP contribution in [0.4, 0.5) is 0 Å². The van der Waals surface area contributed by atoms with Crippen LogP contribution in [0.1, 0.15) is 25.7 Å². The van der Waals surface area contributed by atoms with Crippen molar-refractivity contribution in [1.82, 2.24) is 9.03 Å². The van der Waals surface area contributed by atoms with Gasteiger partial charge >= 0.3 is 0 Å². The Kier molecular flexibility index (Phi) is 5.52. The molecule has 0 aliphatic carbocycles. The first kappa shape index (κ1) is 12.9. The number of piperidine rings is 1. The molecule has 0 unspecified atom stereocenters. The Morgan fingerprint density at radius 2 is 1.93 bits per heavy atom. The molecule has 1 aliphatic rings. The molecule has 0 aromatic rings. The van der Waals surface area contributed by atoms with E-state index < -0.39 is 10.2 Å². The molecule has 1 fully saturated rings. The summed E-state index contributed by atoms with van der Waals surface area (Å²) in [5.74, 6) is 0. The third-order valence-electron chi connectivity index (χ3n) is 2.46.